The smallest absolute Gasteiger partial charge is 0.406 e. The van der Waals surface area contributed by atoms with Gasteiger partial charge in [0.25, 0.3) is 0 Å². The third kappa shape index (κ3) is 3.97. The molecular formula is C19H18FN7O3. The summed E-state index contributed by atoms with van der Waals surface area (Å²) < 4.78 is 17.8. The number of nitrogens with one attached hydrogen (secondary N) is 1. The van der Waals surface area contributed by atoms with Gasteiger partial charge in [-0.2, -0.15) is 5.10 Å². The first-order chi connectivity index (χ1) is 14.6. The Bertz CT molecular complexity index is 1200. The van der Waals surface area contributed by atoms with E-state index in [4.69, 9.17) is 10.2 Å². The van der Waals surface area contributed by atoms with Crippen LogP contribution in [0.1, 0.15) is 11.3 Å². The highest BCUT2D eigenvalue weighted by Gasteiger charge is 2.28. The number of hydrazone groups is 1. The van der Waals surface area contributed by atoms with E-state index in [1.165, 1.54) is 16.2 Å². The number of aliphatic hydroxyl groups is 1. The lowest BCUT2D eigenvalue weighted by Gasteiger charge is -2.25. The summed E-state index contributed by atoms with van der Waals surface area (Å²) in [5, 5.41) is 15.9. The Morgan fingerprint density at radius 3 is 3.07 bits per heavy atom. The number of oxazole rings is 1. The first kappa shape index (κ1) is 19.5. The third-order valence-corrected chi connectivity index (χ3v) is 4.39. The Labute approximate surface area is 169 Å². The lowest BCUT2D eigenvalue weighted by atomic mass is 10.2. The van der Waals surface area contributed by atoms with E-state index >= 15 is 0 Å². The second kappa shape index (κ2) is 8.27. The summed E-state index contributed by atoms with van der Waals surface area (Å²) in [6, 6.07) is 6.97. The van der Waals surface area contributed by atoms with Crippen LogP contribution in [-0.4, -0.2) is 50.8 Å². The molecule has 1 unspecified atom stereocenters. The highest BCUT2D eigenvalue weighted by molar-refractivity contribution is 5.80. The molecule has 4 rings (SSSR count). The number of rotatable bonds is 6. The first-order valence-corrected chi connectivity index (χ1v) is 8.97. The number of H-pyrrole nitrogens is 1. The van der Waals surface area contributed by atoms with Crippen LogP contribution in [0.3, 0.4) is 0 Å². The molecule has 1 aliphatic rings. The number of nitrogens with zero attached hydrogens (tertiary/aromatic N) is 5. The highest BCUT2D eigenvalue weighted by atomic mass is 19.1. The third-order valence-electron chi connectivity index (χ3n) is 4.39. The summed E-state index contributed by atoms with van der Waals surface area (Å²) in [6.45, 7) is 0.0894. The van der Waals surface area contributed by atoms with E-state index in [1.807, 2.05) is 0 Å². The minimum atomic E-state index is -1.14. The summed E-state index contributed by atoms with van der Waals surface area (Å²) in [5.41, 5.74) is 7.84. The molecule has 0 aliphatic carbocycles. The fraction of sp³-hybridized carbons (Fsp3) is 0.158. The normalized spacial score (nSPS) is 17.0. The van der Waals surface area contributed by atoms with Crippen molar-refractivity contribution in [2.24, 2.45) is 10.8 Å². The molecular weight excluding hydrogens is 393 g/mol. The van der Waals surface area contributed by atoms with Crippen LogP contribution in [0.5, 0.6) is 0 Å². The number of halogens is 1. The van der Waals surface area contributed by atoms with Crippen LogP contribution in [0.25, 0.3) is 23.4 Å². The molecule has 4 N–H and O–H groups in total. The first-order valence-electron chi connectivity index (χ1n) is 8.97. The van der Waals surface area contributed by atoms with E-state index in [9.17, 15) is 14.3 Å². The molecule has 154 valence electrons. The SMILES string of the molecule is NC/C(=C\F)CN1N=CN(c2cccc(/C=C/c3cnc4[nH]c(=O)oc4c3)n2)C1O. The zero-order valence-electron chi connectivity index (χ0n) is 15.6. The van der Waals surface area contributed by atoms with Crippen molar-refractivity contribution in [2.75, 3.05) is 18.0 Å². The molecule has 0 radical (unpaired) electrons. The molecule has 0 fully saturated rings. The lowest BCUT2D eigenvalue weighted by molar-refractivity contribution is 0.0330. The van der Waals surface area contributed by atoms with Gasteiger partial charge in [0.1, 0.15) is 12.2 Å². The van der Waals surface area contributed by atoms with Crippen molar-refractivity contribution in [3.8, 4) is 0 Å². The van der Waals surface area contributed by atoms with Crippen molar-refractivity contribution in [1.29, 1.82) is 0 Å². The van der Waals surface area contributed by atoms with Gasteiger partial charge in [-0.25, -0.2) is 24.2 Å². The van der Waals surface area contributed by atoms with Crippen molar-refractivity contribution >= 4 is 35.5 Å². The van der Waals surface area contributed by atoms with Crippen molar-refractivity contribution < 1.29 is 13.9 Å². The predicted molar refractivity (Wildman–Crippen MR) is 110 cm³/mol. The standard InChI is InChI=1S/C19H18FN7O3/c20-7-13(8-21)10-27-19(29)26(11-23-27)16-3-1-2-14(24-16)5-4-12-6-15-17(22-9-12)25-18(28)30-15/h1-7,9,11,19,29H,8,10,21H2,(H,22,25,28)/b5-4+,13-7+. The Hall–Kier alpha value is -3.83. The van der Waals surface area contributed by atoms with Gasteiger partial charge < -0.3 is 15.3 Å². The number of hydrogen-bond acceptors (Lipinski definition) is 9. The number of nitrogens with two attached hydrogens (primary N) is 1. The molecule has 0 saturated carbocycles. The maximum Gasteiger partial charge on any atom is 0.418 e. The lowest BCUT2D eigenvalue weighted by Crippen LogP contribution is -2.41. The van der Waals surface area contributed by atoms with Gasteiger partial charge in [-0.3, -0.25) is 9.88 Å². The molecule has 0 amide bonds. The Kier molecular flexibility index (Phi) is 5.37. The van der Waals surface area contributed by atoms with E-state index in [-0.39, 0.29) is 13.1 Å². The number of pyridine rings is 2. The van der Waals surface area contributed by atoms with Crippen LogP contribution in [0, 0.1) is 0 Å². The summed E-state index contributed by atoms with van der Waals surface area (Å²) in [7, 11) is 0. The van der Waals surface area contributed by atoms with E-state index in [0.29, 0.717) is 34.6 Å². The fourth-order valence-corrected chi connectivity index (χ4v) is 2.84. The Morgan fingerprint density at radius 1 is 1.40 bits per heavy atom. The van der Waals surface area contributed by atoms with Crippen LogP contribution >= 0.6 is 0 Å². The van der Waals surface area contributed by atoms with Gasteiger partial charge in [0.05, 0.1) is 18.6 Å². The molecule has 30 heavy (non-hydrogen) atoms. The minimum Gasteiger partial charge on any atom is -0.406 e. The van der Waals surface area contributed by atoms with E-state index in [1.54, 1.807) is 42.6 Å². The summed E-state index contributed by atoms with van der Waals surface area (Å²) in [6.07, 6.45) is 5.81. The largest absolute Gasteiger partial charge is 0.418 e. The van der Waals surface area contributed by atoms with E-state index in [0.717, 1.165) is 5.56 Å². The molecule has 0 aromatic carbocycles. The maximum atomic E-state index is 12.8. The van der Waals surface area contributed by atoms with Crippen molar-refractivity contribution in [3.05, 3.63) is 64.2 Å². The quantitative estimate of drug-likeness (QED) is 0.551. The number of anilines is 1. The molecule has 11 heteroatoms. The molecule has 3 aromatic rings. The van der Waals surface area contributed by atoms with Crippen LogP contribution in [0.4, 0.5) is 10.2 Å². The molecule has 10 nitrogen and oxygen atoms in total. The van der Waals surface area contributed by atoms with Gasteiger partial charge in [-0.05, 0) is 35.4 Å². The maximum absolute atomic E-state index is 12.8. The summed E-state index contributed by atoms with van der Waals surface area (Å²) in [4.78, 5) is 23.8. The van der Waals surface area contributed by atoms with E-state index < -0.39 is 12.1 Å². The average molecular weight is 411 g/mol. The molecule has 1 atom stereocenters. The molecule has 0 spiro atoms. The minimum absolute atomic E-state index is 0.0284. The van der Waals surface area contributed by atoms with Gasteiger partial charge >= 0.3 is 5.76 Å². The molecule has 1 aliphatic heterocycles. The predicted octanol–water partition coefficient (Wildman–Crippen LogP) is 1.23. The fourth-order valence-electron chi connectivity index (χ4n) is 2.84. The monoisotopic (exact) mass is 411 g/mol. The number of hydrogen-bond donors (Lipinski definition) is 3. The highest BCUT2D eigenvalue weighted by Crippen LogP contribution is 2.20. The zero-order chi connectivity index (χ0) is 21.1. The molecule has 4 heterocycles. The molecule has 0 bridgehead atoms. The summed E-state index contributed by atoms with van der Waals surface area (Å²) in [5.74, 6) is -0.104. The van der Waals surface area contributed by atoms with Crippen LogP contribution < -0.4 is 16.4 Å². The topological polar surface area (TPSA) is 137 Å². The van der Waals surface area contributed by atoms with Gasteiger partial charge in [0, 0.05) is 12.7 Å². The Balaban J connectivity index is 1.50. The number of aromatic amines is 1. The Morgan fingerprint density at radius 2 is 2.27 bits per heavy atom. The van der Waals surface area contributed by atoms with Gasteiger partial charge in [0.2, 0.25) is 6.35 Å². The van der Waals surface area contributed by atoms with Crippen LogP contribution in [0.2, 0.25) is 0 Å². The second-order valence-electron chi connectivity index (χ2n) is 6.44. The van der Waals surface area contributed by atoms with Gasteiger partial charge in [0.15, 0.2) is 11.2 Å². The molecule has 3 aromatic heterocycles. The van der Waals surface area contributed by atoms with Crippen molar-refractivity contribution in [1.82, 2.24) is 20.0 Å². The van der Waals surface area contributed by atoms with E-state index in [2.05, 4.69) is 20.1 Å². The summed E-state index contributed by atoms with van der Waals surface area (Å²) >= 11 is 0. The number of aromatic nitrogens is 3. The van der Waals surface area contributed by atoms with Crippen LogP contribution in [-0.2, 0) is 0 Å². The van der Waals surface area contributed by atoms with Crippen molar-refractivity contribution in [3.63, 3.8) is 0 Å². The zero-order valence-corrected chi connectivity index (χ0v) is 15.6. The van der Waals surface area contributed by atoms with Crippen molar-refractivity contribution in [2.45, 2.75) is 6.35 Å². The van der Waals surface area contributed by atoms with Crippen LogP contribution in [0.15, 0.2) is 56.7 Å². The number of aliphatic hydroxyl groups excluding tert-OH is 1. The number of fused-ring (bicyclic) bond motifs is 1. The van der Waals surface area contributed by atoms with Gasteiger partial charge in [-0.1, -0.05) is 12.1 Å². The van der Waals surface area contributed by atoms with Gasteiger partial charge in [-0.15, -0.1) is 0 Å². The second-order valence-corrected chi connectivity index (χ2v) is 6.44. The average Bonchev–Trinajstić information content (AvgIpc) is 3.31. The molecule has 0 saturated heterocycles.